The van der Waals surface area contributed by atoms with E-state index in [1.165, 1.54) is 40.8 Å². The number of hydrogen-bond acceptors (Lipinski definition) is 4. The maximum atomic E-state index is 5.89. The van der Waals surface area contributed by atoms with Crippen LogP contribution in [0.2, 0.25) is 0 Å². The van der Waals surface area contributed by atoms with E-state index in [2.05, 4.69) is 23.1 Å². The van der Waals surface area contributed by atoms with E-state index in [0.717, 1.165) is 0 Å². The predicted molar refractivity (Wildman–Crippen MR) is 68.2 cm³/mol. The molecule has 0 aromatic heterocycles. The summed E-state index contributed by atoms with van der Waals surface area (Å²) in [6, 6.07) is 0. The molecule has 15 heavy (non-hydrogen) atoms. The number of fused-ring (bicyclic) bond motifs is 1. The van der Waals surface area contributed by atoms with Crippen molar-refractivity contribution in [3.63, 3.8) is 0 Å². The smallest absolute Gasteiger partial charge is 0.0756 e. The number of nitrogens with two attached hydrogens (primary N) is 1. The Morgan fingerprint density at radius 3 is 2.80 bits per heavy atom. The average molecular weight is 238 g/mol. The van der Waals surface area contributed by atoms with Gasteiger partial charge in [0.15, 0.2) is 0 Å². The van der Waals surface area contributed by atoms with Crippen LogP contribution in [0.1, 0.15) is 12.8 Å². The maximum Gasteiger partial charge on any atom is 0.0756 e. The Kier molecular flexibility index (Phi) is 2.58. The number of hydrogen-bond donors (Lipinski definition) is 1. The van der Waals surface area contributed by atoms with Crippen molar-refractivity contribution < 1.29 is 0 Å². The zero-order valence-electron chi connectivity index (χ0n) is 8.48. The monoisotopic (exact) mass is 238 g/mol. The summed E-state index contributed by atoms with van der Waals surface area (Å²) in [6.45, 7) is 2.43. The first kappa shape index (κ1) is 9.87. The highest BCUT2D eigenvalue weighted by molar-refractivity contribution is 8.11. The van der Waals surface area contributed by atoms with Crippen LogP contribution in [0.15, 0.2) is 33.1 Å². The first-order valence-electron chi connectivity index (χ1n) is 5.32. The number of likely N-dealkylation sites (tertiary alicyclic amines) is 1. The first-order valence-corrected chi connectivity index (χ1v) is 7.02. The molecule has 3 heterocycles. The second-order valence-corrected chi connectivity index (χ2v) is 6.23. The van der Waals surface area contributed by atoms with Crippen LogP contribution >= 0.6 is 23.5 Å². The van der Waals surface area contributed by atoms with Crippen LogP contribution in [0, 0.1) is 0 Å². The molecule has 0 bridgehead atoms. The molecule has 4 heteroatoms. The molecule has 2 N–H and O–H groups in total. The van der Waals surface area contributed by atoms with Gasteiger partial charge >= 0.3 is 0 Å². The summed E-state index contributed by atoms with van der Waals surface area (Å²) in [4.78, 5) is 5.18. The van der Waals surface area contributed by atoms with Gasteiger partial charge in [0.1, 0.15) is 0 Å². The molecule has 3 rings (SSSR count). The van der Waals surface area contributed by atoms with Gasteiger partial charge in [-0.2, -0.15) is 0 Å². The molecule has 0 amide bonds. The Hall–Kier alpha value is -0.320. The lowest BCUT2D eigenvalue weighted by molar-refractivity contribution is 0.457. The highest BCUT2D eigenvalue weighted by Gasteiger charge is 2.25. The summed E-state index contributed by atoms with van der Waals surface area (Å²) in [5, 5.41) is 1.56. The van der Waals surface area contributed by atoms with Gasteiger partial charge in [-0.15, -0.1) is 11.8 Å². The summed E-state index contributed by atoms with van der Waals surface area (Å²) in [5.74, 6) is 0. The Bertz CT molecular complexity index is 365. The third kappa shape index (κ3) is 1.86. The number of allylic oxidation sites excluding steroid dienone is 2. The van der Waals surface area contributed by atoms with Crippen molar-refractivity contribution >= 4 is 23.5 Å². The largest absolute Gasteiger partial charge is 0.366 e. The average Bonchev–Trinajstić information content (AvgIpc) is 2.82. The zero-order valence-corrected chi connectivity index (χ0v) is 10.1. The second kappa shape index (κ2) is 3.92. The molecule has 2 nitrogen and oxygen atoms in total. The first-order chi connectivity index (χ1) is 7.33. The third-order valence-corrected chi connectivity index (χ3v) is 5.16. The van der Waals surface area contributed by atoms with Crippen molar-refractivity contribution in [1.82, 2.24) is 4.90 Å². The van der Waals surface area contributed by atoms with Crippen molar-refractivity contribution in [3.05, 3.63) is 33.1 Å². The van der Waals surface area contributed by atoms with E-state index in [4.69, 9.17) is 5.73 Å². The van der Waals surface area contributed by atoms with Gasteiger partial charge in [-0.05, 0) is 31.1 Å². The topological polar surface area (TPSA) is 29.3 Å². The van der Waals surface area contributed by atoms with Gasteiger partial charge in [0, 0.05) is 22.9 Å². The van der Waals surface area contributed by atoms with Crippen LogP contribution in [-0.4, -0.2) is 23.4 Å². The van der Waals surface area contributed by atoms with Crippen LogP contribution < -0.4 is 5.73 Å². The quantitative estimate of drug-likeness (QED) is 0.760. The number of rotatable bonds is 1. The minimum atomic E-state index is 0.157. The van der Waals surface area contributed by atoms with Crippen LogP contribution in [0.25, 0.3) is 0 Å². The normalized spacial score (nSPS) is 29.8. The van der Waals surface area contributed by atoms with Gasteiger partial charge in [-0.3, -0.25) is 0 Å². The van der Waals surface area contributed by atoms with E-state index in [1.807, 2.05) is 11.8 Å². The van der Waals surface area contributed by atoms with E-state index in [1.54, 1.807) is 11.8 Å². The van der Waals surface area contributed by atoms with Crippen molar-refractivity contribution in [1.29, 1.82) is 0 Å². The van der Waals surface area contributed by atoms with Crippen molar-refractivity contribution in [2.45, 2.75) is 18.2 Å². The Morgan fingerprint density at radius 2 is 2.00 bits per heavy atom. The Balaban J connectivity index is 1.81. The van der Waals surface area contributed by atoms with Gasteiger partial charge in [0.2, 0.25) is 0 Å². The molecule has 0 saturated carbocycles. The molecule has 1 saturated heterocycles. The van der Waals surface area contributed by atoms with E-state index < -0.39 is 0 Å². The third-order valence-electron chi connectivity index (χ3n) is 2.83. The highest BCUT2D eigenvalue weighted by Crippen LogP contribution is 2.47. The number of thioether (sulfide) groups is 2. The highest BCUT2D eigenvalue weighted by atomic mass is 32.2. The maximum absolute atomic E-state index is 5.89. The molecule has 0 spiro atoms. The van der Waals surface area contributed by atoms with Crippen LogP contribution in [0.3, 0.4) is 0 Å². The van der Waals surface area contributed by atoms with Crippen molar-refractivity contribution in [2.24, 2.45) is 5.73 Å². The summed E-state index contributed by atoms with van der Waals surface area (Å²) < 4.78 is 0. The molecule has 0 aromatic carbocycles. The van der Waals surface area contributed by atoms with E-state index in [9.17, 15) is 0 Å². The fourth-order valence-electron chi connectivity index (χ4n) is 2.08. The second-order valence-electron chi connectivity index (χ2n) is 3.95. The molecule has 1 atom stereocenters. The summed E-state index contributed by atoms with van der Waals surface area (Å²) in [6.07, 6.45) is 9.30. The van der Waals surface area contributed by atoms with Gasteiger partial charge in [0.25, 0.3) is 0 Å². The van der Waals surface area contributed by atoms with Crippen molar-refractivity contribution in [3.8, 4) is 0 Å². The van der Waals surface area contributed by atoms with Crippen LogP contribution in [0.4, 0.5) is 0 Å². The predicted octanol–water partition coefficient (Wildman–Crippen LogP) is 2.47. The molecule has 3 aliphatic rings. The van der Waals surface area contributed by atoms with Crippen LogP contribution in [-0.2, 0) is 0 Å². The van der Waals surface area contributed by atoms with E-state index >= 15 is 0 Å². The summed E-state index contributed by atoms with van der Waals surface area (Å²) >= 11 is 3.64. The van der Waals surface area contributed by atoms with Gasteiger partial charge in [0.05, 0.1) is 10.4 Å². The van der Waals surface area contributed by atoms with Gasteiger partial charge in [-0.25, -0.2) is 0 Å². The molecule has 0 radical (unpaired) electrons. The fourth-order valence-corrected chi connectivity index (χ4v) is 4.32. The molecule has 80 valence electrons. The summed E-state index contributed by atoms with van der Waals surface area (Å²) in [7, 11) is 0. The standard InChI is InChI=1S/C11H14N2S2/c12-10-7-9-8(14-10)3-4-11(15-9)13-5-1-2-6-13/h3-4,7,10H,1-2,5-6,12H2. The molecular weight excluding hydrogens is 224 g/mol. The van der Waals surface area contributed by atoms with E-state index in [0.29, 0.717) is 0 Å². The molecule has 0 aliphatic carbocycles. The number of nitrogens with zero attached hydrogens (tertiary/aromatic N) is 1. The van der Waals surface area contributed by atoms with Gasteiger partial charge < -0.3 is 10.6 Å². The van der Waals surface area contributed by atoms with Crippen molar-refractivity contribution in [2.75, 3.05) is 13.1 Å². The molecule has 1 unspecified atom stereocenters. The summed E-state index contributed by atoms with van der Waals surface area (Å²) in [5.41, 5.74) is 5.89. The fraction of sp³-hybridized carbons (Fsp3) is 0.455. The lowest BCUT2D eigenvalue weighted by atomic mass is 10.4. The van der Waals surface area contributed by atoms with Gasteiger partial charge in [-0.1, -0.05) is 11.8 Å². The zero-order chi connectivity index (χ0) is 10.3. The molecule has 0 aromatic rings. The lowest BCUT2D eigenvalue weighted by Crippen LogP contribution is -2.17. The Morgan fingerprint density at radius 1 is 1.20 bits per heavy atom. The molecular formula is C11H14N2S2. The SMILES string of the molecule is NC1C=C2SC(N3CCCC3)=CC=C2S1. The minimum absolute atomic E-state index is 0.157. The molecule has 1 fully saturated rings. The lowest BCUT2D eigenvalue weighted by Gasteiger charge is -2.23. The Labute approximate surface area is 98.6 Å². The van der Waals surface area contributed by atoms with Crippen LogP contribution in [0.5, 0.6) is 0 Å². The van der Waals surface area contributed by atoms with E-state index in [-0.39, 0.29) is 5.37 Å². The minimum Gasteiger partial charge on any atom is -0.366 e. The molecule has 3 aliphatic heterocycles.